The Labute approximate surface area is 123 Å². The van der Waals surface area contributed by atoms with Crippen molar-refractivity contribution in [2.75, 3.05) is 0 Å². The lowest BCUT2D eigenvalue weighted by molar-refractivity contribution is 0.432. The Balaban J connectivity index is 1.90. The summed E-state index contributed by atoms with van der Waals surface area (Å²) in [7, 11) is 0. The van der Waals surface area contributed by atoms with Crippen molar-refractivity contribution in [3.8, 4) is 34.7 Å². The first-order valence-electron chi connectivity index (χ1n) is 6.70. The van der Waals surface area contributed by atoms with E-state index in [0.717, 1.165) is 16.7 Å². The van der Waals surface area contributed by atoms with Gasteiger partial charge in [0.25, 0.3) is 5.89 Å². The molecular formula is C18H14N2O. The lowest BCUT2D eigenvalue weighted by Crippen LogP contribution is -1.82. The molecule has 0 spiro atoms. The smallest absolute Gasteiger partial charge is 0.258 e. The summed E-state index contributed by atoms with van der Waals surface area (Å²) in [5, 5.41) is 4.04. The van der Waals surface area contributed by atoms with Gasteiger partial charge in [-0.3, -0.25) is 0 Å². The van der Waals surface area contributed by atoms with Crippen molar-refractivity contribution in [2.24, 2.45) is 0 Å². The Kier molecular flexibility index (Phi) is 3.53. The molecule has 3 nitrogen and oxygen atoms in total. The minimum atomic E-state index is 0.515. The molecule has 0 aliphatic rings. The van der Waals surface area contributed by atoms with E-state index in [1.165, 1.54) is 5.56 Å². The van der Waals surface area contributed by atoms with Gasteiger partial charge in [0, 0.05) is 16.7 Å². The van der Waals surface area contributed by atoms with Crippen LogP contribution in [0.1, 0.15) is 18.1 Å². The molecular weight excluding hydrogens is 260 g/mol. The predicted octanol–water partition coefficient (Wildman–Crippen LogP) is 4.08. The Bertz CT molecular complexity index is 803. The van der Waals surface area contributed by atoms with Gasteiger partial charge in [-0.05, 0) is 38.1 Å². The summed E-state index contributed by atoms with van der Waals surface area (Å²) >= 11 is 0. The molecule has 0 atom stereocenters. The van der Waals surface area contributed by atoms with Crippen LogP contribution in [0.4, 0.5) is 0 Å². The maximum absolute atomic E-state index is 5.34. The molecule has 0 saturated carbocycles. The van der Waals surface area contributed by atoms with Crippen LogP contribution < -0.4 is 0 Å². The van der Waals surface area contributed by atoms with Crippen LogP contribution in [0.2, 0.25) is 0 Å². The summed E-state index contributed by atoms with van der Waals surface area (Å²) in [5.74, 6) is 6.99. The highest BCUT2D eigenvalue weighted by Crippen LogP contribution is 2.22. The molecule has 0 amide bonds. The Hall–Kier alpha value is -2.86. The van der Waals surface area contributed by atoms with E-state index < -0.39 is 0 Å². The van der Waals surface area contributed by atoms with Gasteiger partial charge in [-0.2, -0.15) is 4.98 Å². The number of aromatic nitrogens is 2. The van der Waals surface area contributed by atoms with Gasteiger partial charge in [0.05, 0.1) is 0 Å². The van der Waals surface area contributed by atoms with Crippen LogP contribution in [-0.4, -0.2) is 10.1 Å². The zero-order chi connectivity index (χ0) is 14.7. The van der Waals surface area contributed by atoms with Crippen LogP contribution in [-0.2, 0) is 0 Å². The molecule has 1 heterocycles. The molecule has 0 bridgehead atoms. The van der Waals surface area contributed by atoms with Crippen molar-refractivity contribution in [1.29, 1.82) is 0 Å². The van der Waals surface area contributed by atoms with E-state index in [2.05, 4.69) is 22.0 Å². The summed E-state index contributed by atoms with van der Waals surface area (Å²) in [6.45, 7) is 3.87. The van der Waals surface area contributed by atoms with Crippen LogP contribution >= 0.6 is 0 Å². The highest BCUT2D eigenvalue weighted by Gasteiger charge is 2.10. The summed E-state index contributed by atoms with van der Waals surface area (Å²) in [5.41, 5.74) is 4.01. The Morgan fingerprint density at radius 1 is 0.905 bits per heavy atom. The first-order chi connectivity index (χ1) is 10.3. The fraction of sp³-hybridized carbons (Fsp3) is 0.111. The second-order valence-electron chi connectivity index (χ2n) is 4.74. The largest absolute Gasteiger partial charge is 0.334 e. The van der Waals surface area contributed by atoms with E-state index in [-0.39, 0.29) is 0 Å². The minimum Gasteiger partial charge on any atom is -0.334 e. The standard InChI is InChI=1S/C18H14N2O/c1-3-4-14-7-11-16(12-8-14)18-19-17(20-21-18)15-9-5-13(2)6-10-15/h5-12H,1-2H3. The molecule has 1 aromatic heterocycles. The third kappa shape index (κ3) is 2.85. The monoisotopic (exact) mass is 274 g/mol. The lowest BCUT2D eigenvalue weighted by Gasteiger charge is -1.95. The van der Waals surface area contributed by atoms with Crippen LogP contribution in [0.15, 0.2) is 53.1 Å². The maximum Gasteiger partial charge on any atom is 0.258 e. The minimum absolute atomic E-state index is 0.515. The number of hydrogen-bond acceptors (Lipinski definition) is 3. The van der Waals surface area contributed by atoms with Crippen LogP contribution in [0.25, 0.3) is 22.8 Å². The molecule has 0 radical (unpaired) electrons. The molecule has 3 rings (SSSR count). The summed E-state index contributed by atoms with van der Waals surface area (Å²) < 4.78 is 5.34. The molecule has 0 aliphatic heterocycles. The molecule has 2 aromatic carbocycles. The van der Waals surface area contributed by atoms with Gasteiger partial charge in [-0.15, -0.1) is 5.92 Å². The lowest BCUT2D eigenvalue weighted by atomic mass is 10.1. The van der Waals surface area contributed by atoms with E-state index in [0.29, 0.717) is 11.7 Å². The third-order valence-electron chi connectivity index (χ3n) is 3.14. The molecule has 102 valence electrons. The molecule has 0 aliphatic carbocycles. The van der Waals surface area contributed by atoms with Gasteiger partial charge in [0.2, 0.25) is 5.82 Å². The van der Waals surface area contributed by atoms with Gasteiger partial charge in [-0.1, -0.05) is 40.9 Å². The van der Waals surface area contributed by atoms with Gasteiger partial charge in [0.1, 0.15) is 0 Å². The fourth-order valence-electron chi connectivity index (χ4n) is 2.00. The first-order valence-corrected chi connectivity index (χ1v) is 6.70. The van der Waals surface area contributed by atoms with E-state index in [1.54, 1.807) is 0 Å². The van der Waals surface area contributed by atoms with Gasteiger partial charge < -0.3 is 4.52 Å². The summed E-state index contributed by atoms with van der Waals surface area (Å²) in [6.07, 6.45) is 0. The average Bonchev–Trinajstić information content (AvgIpc) is 2.99. The van der Waals surface area contributed by atoms with Crippen molar-refractivity contribution < 1.29 is 4.52 Å². The van der Waals surface area contributed by atoms with E-state index in [1.807, 2.05) is 62.4 Å². The number of nitrogens with zero attached hydrogens (tertiary/aromatic N) is 2. The molecule has 21 heavy (non-hydrogen) atoms. The normalized spacial score (nSPS) is 10.0. The second-order valence-corrected chi connectivity index (χ2v) is 4.74. The first kappa shape index (κ1) is 13.1. The maximum atomic E-state index is 5.34. The van der Waals surface area contributed by atoms with Crippen molar-refractivity contribution in [3.63, 3.8) is 0 Å². The van der Waals surface area contributed by atoms with Crippen molar-refractivity contribution in [2.45, 2.75) is 13.8 Å². The molecule has 3 aromatic rings. The third-order valence-corrected chi connectivity index (χ3v) is 3.14. The number of rotatable bonds is 2. The fourth-order valence-corrected chi connectivity index (χ4v) is 2.00. The van der Waals surface area contributed by atoms with Gasteiger partial charge in [-0.25, -0.2) is 0 Å². The quantitative estimate of drug-likeness (QED) is 0.661. The van der Waals surface area contributed by atoms with Gasteiger partial charge >= 0.3 is 0 Å². The Morgan fingerprint density at radius 3 is 2.24 bits per heavy atom. The van der Waals surface area contributed by atoms with Crippen LogP contribution in [0.3, 0.4) is 0 Å². The highest BCUT2D eigenvalue weighted by molar-refractivity contribution is 5.60. The number of aryl methyl sites for hydroxylation is 1. The van der Waals surface area contributed by atoms with Crippen molar-refractivity contribution in [1.82, 2.24) is 10.1 Å². The number of hydrogen-bond donors (Lipinski definition) is 0. The summed E-state index contributed by atoms with van der Waals surface area (Å²) in [4.78, 5) is 4.44. The molecule has 3 heteroatoms. The molecule has 0 saturated heterocycles. The van der Waals surface area contributed by atoms with E-state index in [4.69, 9.17) is 4.52 Å². The van der Waals surface area contributed by atoms with E-state index >= 15 is 0 Å². The van der Waals surface area contributed by atoms with Gasteiger partial charge in [0.15, 0.2) is 0 Å². The van der Waals surface area contributed by atoms with Crippen molar-refractivity contribution in [3.05, 3.63) is 59.7 Å². The number of benzene rings is 2. The summed E-state index contributed by atoms with van der Waals surface area (Å²) in [6, 6.07) is 15.8. The van der Waals surface area contributed by atoms with Crippen molar-refractivity contribution >= 4 is 0 Å². The zero-order valence-electron chi connectivity index (χ0n) is 11.9. The van der Waals surface area contributed by atoms with Crippen LogP contribution in [0.5, 0.6) is 0 Å². The average molecular weight is 274 g/mol. The highest BCUT2D eigenvalue weighted by atomic mass is 16.5. The zero-order valence-corrected chi connectivity index (χ0v) is 11.9. The molecule has 0 N–H and O–H groups in total. The SMILES string of the molecule is CC#Cc1ccc(-c2nc(-c3ccc(C)cc3)no2)cc1. The topological polar surface area (TPSA) is 38.9 Å². The predicted molar refractivity (Wildman–Crippen MR) is 82.5 cm³/mol. The van der Waals surface area contributed by atoms with E-state index in [9.17, 15) is 0 Å². The van der Waals surface area contributed by atoms with Crippen LogP contribution in [0, 0.1) is 18.8 Å². The molecule has 0 fully saturated rings. The Morgan fingerprint density at radius 2 is 1.57 bits per heavy atom. The second kappa shape index (κ2) is 5.64. The molecule has 0 unspecified atom stereocenters.